The van der Waals surface area contributed by atoms with Gasteiger partial charge in [-0.1, -0.05) is 47.5 Å². The number of piperazine rings is 2. The zero-order valence-corrected chi connectivity index (χ0v) is 46.6. The molecule has 2 atom stereocenters. The number of carbonyl (C=O) groups excluding carboxylic acids is 3. The second kappa shape index (κ2) is 22.3. The summed E-state index contributed by atoms with van der Waals surface area (Å²) in [7, 11) is -8.15. The molecule has 4 aliphatic heterocycles. The molecule has 4 fully saturated rings. The van der Waals surface area contributed by atoms with E-state index in [2.05, 4.69) is 9.80 Å². The number of piperidine rings is 2. The lowest BCUT2D eigenvalue weighted by Gasteiger charge is -2.47. The maximum Gasteiger partial charge on any atom is 0.410 e. The van der Waals surface area contributed by atoms with Crippen LogP contribution < -0.4 is 0 Å². The molecular weight excluding hydrogens is 1040 g/mol. The van der Waals surface area contributed by atoms with Gasteiger partial charge in [-0.15, -0.1) is 22.7 Å². The van der Waals surface area contributed by atoms with Crippen LogP contribution in [0.1, 0.15) is 67.2 Å². The van der Waals surface area contributed by atoms with E-state index in [0.29, 0.717) is 75.0 Å². The molecule has 2 aromatic heterocycles. The highest BCUT2D eigenvalue weighted by molar-refractivity contribution is 7.91. The van der Waals surface area contributed by atoms with E-state index >= 15 is 4.79 Å². The molecule has 2 aromatic carbocycles. The van der Waals surface area contributed by atoms with Gasteiger partial charge in [0, 0.05) is 98.3 Å². The molecule has 0 radical (unpaired) electrons. The van der Waals surface area contributed by atoms with Crippen molar-refractivity contribution in [3.63, 3.8) is 0 Å². The fourth-order valence-corrected chi connectivity index (χ4v) is 15.9. The highest BCUT2D eigenvalue weighted by Crippen LogP contribution is 2.37. The van der Waals surface area contributed by atoms with Crippen molar-refractivity contribution >= 4 is 83.9 Å². The number of ketones is 1. The minimum atomic E-state index is -4.08. The molecule has 0 spiro atoms. The molecule has 2 unspecified atom stereocenters. The van der Waals surface area contributed by atoms with Crippen molar-refractivity contribution in [1.29, 1.82) is 0 Å². The van der Waals surface area contributed by atoms with Gasteiger partial charge in [0.15, 0.2) is 5.78 Å². The molecule has 8 rings (SSSR count). The predicted octanol–water partition coefficient (Wildman–Crippen LogP) is 9.36. The molecule has 0 saturated carbocycles. The summed E-state index contributed by atoms with van der Waals surface area (Å²) in [6.45, 7) is 14.6. The average molecular weight is 1110 g/mol. The Labute approximate surface area is 443 Å². The summed E-state index contributed by atoms with van der Waals surface area (Å²) in [5.41, 5.74) is 0.395. The van der Waals surface area contributed by atoms with E-state index in [1.807, 2.05) is 65.8 Å². The van der Waals surface area contributed by atoms with Crippen molar-refractivity contribution < 1.29 is 40.7 Å². The number of ether oxygens (including phenoxy) is 2. The summed E-state index contributed by atoms with van der Waals surface area (Å²) in [4.78, 5) is 50.9. The molecule has 6 heterocycles. The number of rotatable bonds is 12. The Balaban J connectivity index is 1.07. The number of carbonyl (C=O) groups is 3. The zero-order chi connectivity index (χ0) is 51.8. The molecular formula is C51H66Cl2N6O9S4. The zero-order valence-electron chi connectivity index (χ0n) is 41.8. The van der Waals surface area contributed by atoms with Crippen LogP contribution in [0.5, 0.6) is 0 Å². The van der Waals surface area contributed by atoms with Gasteiger partial charge >= 0.3 is 12.2 Å². The summed E-state index contributed by atoms with van der Waals surface area (Å²) in [5, 5.41) is 1.14. The van der Waals surface area contributed by atoms with Gasteiger partial charge in [0.2, 0.25) is 0 Å². The first kappa shape index (κ1) is 54.6. The second-order valence-electron chi connectivity index (χ2n) is 21.2. The van der Waals surface area contributed by atoms with Crippen LogP contribution in [0.2, 0.25) is 10.0 Å². The monoisotopic (exact) mass is 1100 g/mol. The Morgan fingerprint density at radius 3 is 1.21 bits per heavy atom. The maximum absolute atomic E-state index is 15.8. The van der Waals surface area contributed by atoms with Crippen LogP contribution in [-0.4, -0.2) is 165 Å². The van der Waals surface area contributed by atoms with Gasteiger partial charge in [0.05, 0.1) is 12.1 Å². The first-order valence-corrected chi connectivity index (χ1v) is 29.9. The van der Waals surface area contributed by atoms with Crippen molar-refractivity contribution in [3.8, 4) is 20.9 Å². The summed E-state index contributed by atoms with van der Waals surface area (Å²) in [6, 6.07) is 19.4. The lowest BCUT2D eigenvalue weighted by molar-refractivity contribution is -0.133. The molecule has 21 heteroatoms. The Morgan fingerprint density at radius 1 is 0.528 bits per heavy atom. The largest absolute Gasteiger partial charge is 0.444 e. The van der Waals surface area contributed by atoms with E-state index in [1.165, 1.54) is 8.61 Å². The molecule has 4 saturated heterocycles. The minimum Gasteiger partial charge on any atom is -0.444 e. The van der Waals surface area contributed by atoms with Crippen LogP contribution in [0.15, 0.2) is 81.2 Å². The summed E-state index contributed by atoms with van der Waals surface area (Å²) in [5.74, 6) is -0.0395. The Morgan fingerprint density at radius 2 is 0.875 bits per heavy atom. The molecule has 0 N–H and O–H groups in total. The third kappa shape index (κ3) is 13.2. The molecule has 392 valence electrons. The first-order valence-electron chi connectivity index (χ1n) is 24.6. The minimum absolute atomic E-state index is 0.101. The number of benzene rings is 2. The van der Waals surface area contributed by atoms with Crippen LogP contribution >= 0.6 is 45.9 Å². The highest BCUT2D eigenvalue weighted by atomic mass is 35.5. The number of thiophene rings is 2. The van der Waals surface area contributed by atoms with Gasteiger partial charge in [-0.05, 0) is 139 Å². The van der Waals surface area contributed by atoms with Gasteiger partial charge in [0.1, 0.15) is 19.6 Å². The molecule has 0 aliphatic carbocycles. The quantitative estimate of drug-likeness (QED) is 0.133. The van der Waals surface area contributed by atoms with Gasteiger partial charge in [-0.3, -0.25) is 14.6 Å². The predicted molar refractivity (Wildman–Crippen MR) is 284 cm³/mol. The van der Waals surface area contributed by atoms with Crippen molar-refractivity contribution in [2.45, 2.75) is 98.9 Å². The van der Waals surface area contributed by atoms with Gasteiger partial charge in [0.25, 0.3) is 20.0 Å². The van der Waals surface area contributed by atoms with E-state index in [4.69, 9.17) is 32.7 Å². The second-order valence-corrected chi connectivity index (χ2v) is 28.6. The third-order valence-corrected chi connectivity index (χ3v) is 21.1. The van der Waals surface area contributed by atoms with Crippen molar-refractivity contribution in [2.24, 2.45) is 11.8 Å². The lowest BCUT2D eigenvalue weighted by atomic mass is 9.92. The number of sulfonamides is 2. The van der Waals surface area contributed by atoms with Gasteiger partial charge in [-0.25, -0.2) is 26.4 Å². The number of hydrogen-bond donors (Lipinski definition) is 0. The average Bonchev–Trinajstić information content (AvgIpc) is 4.04. The maximum atomic E-state index is 15.8. The lowest BCUT2D eigenvalue weighted by Crippen LogP contribution is -2.66. The van der Waals surface area contributed by atoms with E-state index in [0.717, 1.165) is 43.6 Å². The van der Waals surface area contributed by atoms with Crippen LogP contribution in [-0.2, 0) is 34.3 Å². The third-order valence-electron chi connectivity index (χ3n) is 13.7. The number of nitrogens with zero attached hydrogens (tertiary/aromatic N) is 6. The normalized spacial score (nSPS) is 21.2. The topological polar surface area (TPSA) is 157 Å². The van der Waals surface area contributed by atoms with Crippen LogP contribution in [0, 0.1) is 11.8 Å². The number of likely N-dealkylation sites (tertiary alicyclic amines) is 2. The molecule has 0 bridgehead atoms. The van der Waals surface area contributed by atoms with E-state index in [1.54, 1.807) is 58.3 Å². The number of amides is 2. The van der Waals surface area contributed by atoms with Crippen molar-refractivity contribution in [2.75, 3.05) is 78.5 Å². The molecule has 72 heavy (non-hydrogen) atoms. The molecule has 15 nitrogen and oxygen atoms in total. The van der Waals surface area contributed by atoms with Crippen molar-refractivity contribution in [1.82, 2.24) is 28.2 Å². The van der Waals surface area contributed by atoms with Crippen molar-refractivity contribution in [3.05, 3.63) is 82.8 Å². The van der Waals surface area contributed by atoms with Crippen LogP contribution in [0.3, 0.4) is 0 Å². The SMILES string of the molecule is CC(C)(C)OC(=O)N1CCC(CN2CCN(S(=O)(=O)c3ccc(-c4ccc(Cl)cc4)s3)CC2C(=O)C2CN(S(=O)(=O)c3ccc(-c4ccc(Cl)cc4)s3)CCN2CC2CCN(C(=O)OC(C)(C)C)CC2)CC1. The molecule has 4 aromatic rings. The van der Waals surface area contributed by atoms with E-state index in [-0.39, 0.29) is 77.5 Å². The first-order chi connectivity index (χ1) is 33.9. The number of halogens is 2. The van der Waals surface area contributed by atoms with Crippen LogP contribution in [0.25, 0.3) is 20.9 Å². The van der Waals surface area contributed by atoms with Gasteiger partial charge in [-0.2, -0.15) is 8.61 Å². The Bertz CT molecular complexity index is 2590. The molecule has 2 amide bonds. The molecule has 4 aliphatic rings. The van der Waals surface area contributed by atoms with Crippen LogP contribution in [0.4, 0.5) is 9.59 Å². The van der Waals surface area contributed by atoms with E-state index < -0.39 is 43.3 Å². The number of hydrogen-bond acceptors (Lipinski definition) is 13. The number of Topliss-reactive ketones (excluding diaryl/α,β-unsaturated/α-hetero) is 1. The smallest absolute Gasteiger partial charge is 0.410 e. The fraction of sp³-hybridized carbons (Fsp3) is 0.549. The summed E-state index contributed by atoms with van der Waals surface area (Å²) >= 11 is 14.6. The standard InChI is InChI=1S/C51H66Cl2N6O9S4/c1-50(2,3)67-48(61)54-23-19-35(20-24-54)31-56-27-29-58(71(63,64)45-17-15-43(69-45)37-7-11-39(52)12-8-37)33-41(56)47(60)42-34-59(72(65,66)46-18-16-44(70-46)38-9-13-40(53)14-10-38)30-28-57(42)32-36-21-25-55(26-22-36)49(62)68-51(4,5)6/h7-18,35-36,41-42H,19-34H2,1-6H3. The van der Waals surface area contributed by atoms with E-state index in [9.17, 15) is 26.4 Å². The highest BCUT2D eigenvalue weighted by Gasteiger charge is 2.46. The van der Waals surface area contributed by atoms with Gasteiger partial charge < -0.3 is 19.3 Å². The fourth-order valence-electron chi connectivity index (χ4n) is 9.85. The summed E-state index contributed by atoms with van der Waals surface area (Å²) < 4.78 is 73.1. The summed E-state index contributed by atoms with van der Waals surface area (Å²) in [6.07, 6.45) is 1.95. The Hall–Kier alpha value is -3.63. The Kier molecular flexibility index (Phi) is 16.9.